The van der Waals surface area contributed by atoms with Gasteiger partial charge in [-0.05, 0) is 59.7 Å². The fraction of sp³-hybridized carbons (Fsp3) is 0.444. The topological polar surface area (TPSA) is 36.3 Å². The van der Waals surface area contributed by atoms with Gasteiger partial charge in [0.1, 0.15) is 11.0 Å². The zero-order valence-corrected chi connectivity index (χ0v) is 18.5. The molecule has 1 aliphatic rings. The first-order valence-electron chi connectivity index (χ1n) is 8.76. The van der Waals surface area contributed by atoms with E-state index in [0.29, 0.717) is 14.7 Å². The molecule has 3 rings (SSSR count). The van der Waals surface area contributed by atoms with Gasteiger partial charge < -0.3 is 10.2 Å². The SMILES string of the molecule is Cc1nn(C)c(Cl)c1CN1CCCN(C(=S)Nc2ccc(F)cc2Br)CC1. The van der Waals surface area contributed by atoms with Crippen molar-refractivity contribution >= 4 is 50.5 Å². The van der Waals surface area contributed by atoms with Crippen LogP contribution in [0, 0.1) is 12.7 Å². The molecule has 0 spiro atoms. The monoisotopic (exact) mass is 473 g/mol. The summed E-state index contributed by atoms with van der Waals surface area (Å²) < 4.78 is 15.6. The first-order chi connectivity index (χ1) is 12.8. The summed E-state index contributed by atoms with van der Waals surface area (Å²) in [5, 5.41) is 8.95. The number of anilines is 1. The molecule has 0 saturated carbocycles. The number of aryl methyl sites for hydroxylation is 2. The smallest absolute Gasteiger partial charge is 0.173 e. The Morgan fingerprint density at radius 3 is 2.78 bits per heavy atom. The molecule has 0 amide bonds. The van der Waals surface area contributed by atoms with E-state index in [2.05, 4.69) is 36.1 Å². The van der Waals surface area contributed by atoms with E-state index >= 15 is 0 Å². The van der Waals surface area contributed by atoms with Crippen molar-refractivity contribution in [2.24, 2.45) is 7.05 Å². The van der Waals surface area contributed by atoms with Crippen LogP contribution in [-0.2, 0) is 13.6 Å². The lowest BCUT2D eigenvalue weighted by atomic mass is 10.2. The van der Waals surface area contributed by atoms with E-state index in [1.165, 1.54) is 12.1 Å². The van der Waals surface area contributed by atoms with Crippen LogP contribution in [0.25, 0.3) is 0 Å². The molecule has 0 unspecified atom stereocenters. The molecule has 1 aliphatic heterocycles. The number of rotatable bonds is 3. The molecule has 1 aromatic carbocycles. The average molecular weight is 475 g/mol. The normalized spacial score (nSPS) is 15.7. The average Bonchev–Trinajstić information content (AvgIpc) is 2.80. The van der Waals surface area contributed by atoms with Crippen LogP contribution in [0.1, 0.15) is 17.7 Å². The Bertz CT molecular complexity index is 843. The maximum Gasteiger partial charge on any atom is 0.173 e. The van der Waals surface area contributed by atoms with Crippen LogP contribution in [-0.4, -0.2) is 50.9 Å². The number of halogens is 3. The fourth-order valence-electron chi connectivity index (χ4n) is 3.19. The molecular weight excluding hydrogens is 453 g/mol. The summed E-state index contributed by atoms with van der Waals surface area (Å²) in [5.74, 6) is -0.284. The molecule has 1 N–H and O–H groups in total. The van der Waals surface area contributed by atoms with Crippen LogP contribution in [0.2, 0.25) is 5.15 Å². The second-order valence-corrected chi connectivity index (χ2v) is 8.25. The van der Waals surface area contributed by atoms with E-state index in [-0.39, 0.29) is 5.82 Å². The number of benzene rings is 1. The third kappa shape index (κ3) is 4.99. The Morgan fingerprint density at radius 2 is 2.11 bits per heavy atom. The van der Waals surface area contributed by atoms with Gasteiger partial charge in [0, 0.05) is 49.8 Å². The second-order valence-electron chi connectivity index (χ2n) is 6.65. The number of aromatic nitrogens is 2. The highest BCUT2D eigenvalue weighted by Gasteiger charge is 2.20. The van der Waals surface area contributed by atoms with Gasteiger partial charge in [0.2, 0.25) is 0 Å². The number of thiocarbonyl (C=S) groups is 1. The minimum Gasteiger partial charge on any atom is -0.348 e. The van der Waals surface area contributed by atoms with Crippen molar-refractivity contribution < 1.29 is 4.39 Å². The Balaban J connectivity index is 1.60. The van der Waals surface area contributed by atoms with E-state index in [0.717, 1.165) is 56.1 Å². The zero-order chi connectivity index (χ0) is 19.6. The van der Waals surface area contributed by atoms with Gasteiger partial charge in [-0.25, -0.2) is 4.39 Å². The highest BCUT2D eigenvalue weighted by Crippen LogP contribution is 2.24. The number of nitrogens with one attached hydrogen (secondary N) is 1. The summed E-state index contributed by atoms with van der Waals surface area (Å²) in [6, 6.07) is 4.53. The largest absolute Gasteiger partial charge is 0.348 e. The van der Waals surface area contributed by atoms with Crippen LogP contribution in [0.3, 0.4) is 0 Å². The highest BCUT2D eigenvalue weighted by atomic mass is 79.9. The molecule has 2 heterocycles. The molecule has 2 aromatic rings. The van der Waals surface area contributed by atoms with Gasteiger partial charge in [0.15, 0.2) is 5.11 Å². The Morgan fingerprint density at radius 1 is 1.33 bits per heavy atom. The van der Waals surface area contributed by atoms with Crippen molar-refractivity contribution in [3.63, 3.8) is 0 Å². The van der Waals surface area contributed by atoms with Gasteiger partial charge in [0.05, 0.1) is 11.4 Å². The lowest BCUT2D eigenvalue weighted by molar-refractivity contribution is 0.277. The van der Waals surface area contributed by atoms with Crippen molar-refractivity contribution in [3.8, 4) is 0 Å². The molecule has 9 heteroatoms. The third-order valence-corrected chi connectivity index (χ3v) is 6.19. The Hall–Kier alpha value is -1.22. The molecule has 0 radical (unpaired) electrons. The van der Waals surface area contributed by atoms with E-state index in [1.54, 1.807) is 10.7 Å². The molecule has 27 heavy (non-hydrogen) atoms. The van der Waals surface area contributed by atoms with Gasteiger partial charge in [-0.3, -0.25) is 9.58 Å². The van der Waals surface area contributed by atoms with Crippen molar-refractivity contribution in [3.05, 3.63) is 44.9 Å². The van der Waals surface area contributed by atoms with Crippen LogP contribution in [0.15, 0.2) is 22.7 Å². The number of hydrogen-bond donors (Lipinski definition) is 1. The molecule has 146 valence electrons. The van der Waals surface area contributed by atoms with Crippen molar-refractivity contribution in [2.75, 3.05) is 31.5 Å². The minimum absolute atomic E-state index is 0.284. The summed E-state index contributed by atoms with van der Waals surface area (Å²) in [6.45, 7) is 6.34. The summed E-state index contributed by atoms with van der Waals surface area (Å²) in [6.07, 6.45) is 1.00. The molecule has 1 fully saturated rings. The lowest BCUT2D eigenvalue weighted by Gasteiger charge is -2.25. The van der Waals surface area contributed by atoms with E-state index < -0.39 is 0 Å². The van der Waals surface area contributed by atoms with Gasteiger partial charge in [0.25, 0.3) is 0 Å². The molecule has 0 atom stereocenters. The molecule has 0 aliphatic carbocycles. The lowest BCUT2D eigenvalue weighted by Crippen LogP contribution is -2.37. The number of hydrogen-bond acceptors (Lipinski definition) is 3. The first-order valence-corrected chi connectivity index (χ1v) is 10.3. The summed E-state index contributed by atoms with van der Waals surface area (Å²) in [5.41, 5.74) is 2.82. The predicted octanol–water partition coefficient (Wildman–Crippen LogP) is 4.19. The second kappa shape index (κ2) is 8.86. The summed E-state index contributed by atoms with van der Waals surface area (Å²) in [4.78, 5) is 4.54. The highest BCUT2D eigenvalue weighted by molar-refractivity contribution is 9.10. The maximum atomic E-state index is 13.3. The van der Waals surface area contributed by atoms with Gasteiger partial charge >= 0.3 is 0 Å². The van der Waals surface area contributed by atoms with E-state index in [9.17, 15) is 4.39 Å². The van der Waals surface area contributed by atoms with E-state index in [1.807, 2.05) is 14.0 Å². The third-order valence-electron chi connectivity index (χ3n) is 4.70. The fourth-order valence-corrected chi connectivity index (χ4v) is 4.17. The van der Waals surface area contributed by atoms with Gasteiger partial charge in [-0.15, -0.1) is 0 Å². The molecular formula is C18H22BrClFN5S. The van der Waals surface area contributed by atoms with Crippen molar-refractivity contribution in [1.82, 2.24) is 19.6 Å². The molecule has 1 saturated heterocycles. The van der Waals surface area contributed by atoms with Crippen LogP contribution >= 0.6 is 39.7 Å². The molecule has 5 nitrogen and oxygen atoms in total. The van der Waals surface area contributed by atoms with Crippen LogP contribution in [0.5, 0.6) is 0 Å². The van der Waals surface area contributed by atoms with Crippen molar-refractivity contribution in [2.45, 2.75) is 19.9 Å². The van der Waals surface area contributed by atoms with Crippen LogP contribution < -0.4 is 5.32 Å². The summed E-state index contributed by atoms with van der Waals surface area (Å²) >= 11 is 15.3. The van der Waals surface area contributed by atoms with Crippen molar-refractivity contribution in [1.29, 1.82) is 0 Å². The Kier molecular flexibility index (Phi) is 6.73. The van der Waals surface area contributed by atoms with E-state index in [4.69, 9.17) is 23.8 Å². The van der Waals surface area contributed by atoms with Gasteiger partial charge in [-0.1, -0.05) is 11.6 Å². The number of nitrogens with zero attached hydrogens (tertiary/aromatic N) is 4. The molecule has 0 bridgehead atoms. The van der Waals surface area contributed by atoms with Gasteiger partial charge in [-0.2, -0.15) is 5.10 Å². The predicted molar refractivity (Wildman–Crippen MR) is 115 cm³/mol. The minimum atomic E-state index is -0.284. The quantitative estimate of drug-likeness (QED) is 0.675. The standard InChI is InChI=1S/C18H22BrClFN5S/c1-12-14(17(20)24(2)23-12)11-25-6-3-7-26(9-8-25)18(27)22-16-5-4-13(21)10-15(16)19/h4-5,10H,3,6-9,11H2,1-2H3,(H,22,27). The first kappa shape index (κ1) is 20.5. The summed E-state index contributed by atoms with van der Waals surface area (Å²) in [7, 11) is 1.86. The molecule has 1 aromatic heterocycles. The Labute approximate surface area is 177 Å². The van der Waals surface area contributed by atoms with Crippen LogP contribution in [0.4, 0.5) is 10.1 Å². The maximum absolute atomic E-state index is 13.3. The zero-order valence-electron chi connectivity index (χ0n) is 15.3.